The van der Waals surface area contributed by atoms with E-state index in [0.29, 0.717) is 49.5 Å². The topological polar surface area (TPSA) is 79.8 Å². The van der Waals surface area contributed by atoms with Gasteiger partial charge in [0, 0.05) is 26.2 Å². The monoisotopic (exact) mass is 489 g/mol. The number of rotatable bonds is 6. The highest BCUT2D eigenvalue weighted by Crippen LogP contribution is 2.36. The minimum Gasteiger partial charge on any atom is -0.378 e. The molecule has 2 aromatic rings. The lowest BCUT2D eigenvalue weighted by Crippen LogP contribution is -2.37. The number of carbonyl (C=O) groups is 1. The van der Waals surface area contributed by atoms with Crippen molar-refractivity contribution in [2.24, 2.45) is 0 Å². The van der Waals surface area contributed by atoms with Crippen LogP contribution >= 0.6 is 23.1 Å². The Hall–Kier alpha value is -2.09. The SMILES string of the molecule is O=C(CSc1nnc(N2CCOCC2)s1)Nc1cc(C(F)(F)F)ccc1N1CCOCC1. The minimum atomic E-state index is -4.50. The molecule has 1 aromatic carbocycles. The summed E-state index contributed by atoms with van der Waals surface area (Å²) >= 11 is 2.58. The fourth-order valence-electron chi connectivity index (χ4n) is 3.35. The molecule has 174 valence electrons. The van der Waals surface area contributed by atoms with Crippen LogP contribution in [0.15, 0.2) is 22.5 Å². The van der Waals surface area contributed by atoms with Gasteiger partial charge in [0.05, 0.1) is 49.1 Å². The summed E-state index contributed by atoms with van der Waals surface area (Å²) in [5.41, 5.74) is -0.125. The maximum Gasteiger partial charge on any atom is 0.416 e. The van der Waals surface area contributed by atoms with Crippen molar-refractivity contribution in [3.8, 4) is 0 Å². The standard InChI is InChI=1S/C19H22F3N5O3S2/c20-19(21,22)13-1-2-15(26-3-7-29-8-4-26)14(11-13)23-16(28)12-31-18-25-24-17(32-18)27-5-9-30-10-6-27/h1-2,11H,3-10,12H2,(H,23,28). The largest absolute Gasteiger partial charge is 0.416 e. The first-order chi connectivity index (χ1) is 15.4. The Morgan fingerprint density at radius 2 is 1.72 bits per heavy atom. The van der Waals surface area contributed by atoms with E-state index in [-0.39, 0.29) is 11.4 Å². The van der Waals surface area contributed by atoms with Crippen molar-refractivity contribution in [3.05, 3.63) is 23.8 Å². The molecular formula is C19H22F3N5O3S2. The van der Waals surface area contributed by atoms with Gasteiger partial charge >= 0.3 is 6.18 Å². The molecule has 8 nitrogen and oxygen atoms in total. The third kappa shape index (κ3) is 5.82. The summed E-state index contributed by atoms with van der Waals surface area (Å²) in [7, 11) is 0. The molecule has 4 rings (SSSR count). The van der Waals surface area contributed by atoms with Crippen molar-refractivity contribution in [1.82, 2.24) is 10.2 Å². The summed E-state index contributed by atoms with van der Waals surface area (Å²) in [5.74, 6) is -0.400. The molecule has 13 heteroatoms. The van der Waals surface area contributed by atoms with Crippen LogP contribution in [0.3, 0.4) is 0 Å². The Bertz CT molecular complexity index is 931. The zero-order valence-corrected chi connectivity index (χ0v) is 18.7. The van der Waals surface area contributed by atoms with Gasteiger partial charge in [-0.1, -0.05) is 23.1 Å². The van der Waals surface area contributed by atoms with Crippen LogP contribution in [0, 0.1) is 0 Å². The number of halogens is 3. The average Bonchev–Trinajstić information content (AvgIpc) is 3.27. The second-order valence-corrected chi connectivity index (χ2v) is 9.29. The Labute approximate surface area is 191 Å². The number of hydrogen-bond acceptors (Lipinski definition) is 9. The maximum atomic E-state index is 13.2. The van der Waals surface area contributed by atoms with Gasteiger partial charge < -0.3 is 24.6 Å². The van der Waals surface area contributed by atoms with Crippen LogP contribution in [0.5, 0.6) is 0 Å². The number of anilines is 3. The smallest absolute Gasteiger partial charge is 0.378 e. The Morgan fingerprint density at radius 1 is 1.06 bits per heavy atom. The van der Waals surface area contributed by atoms with Crippen molar-refractivity contribution in [1.29, 1.82) is 0 Å². The number of alkyl halides is 3. The third-order valence-electron chi connectivity index (χ3n) is 4.95. The van der Waals surface area contributed by atoms with Gasteiger partial charge in [-0.05, 0) is 18.2 Å². The molecule has 0 spiro atoms. The molecule has 0 atom stereocenters. The average molecular weight is 490 g/mol. The first kappa shape index (κ1) is 23.1. The van der Waals surface area contributed by atoms with Crippen molar-refractivity contribution >= 4 is 45.5 Å². The van der Waals surface area contributed by atoms with E-state index in [1.807, 2.05) is 4.90 Å². The number of ether oxygens (including phenoxy) is 2. The number of carbonyl (C=O) groups excluding carboxylic acids is 1. The molecule has 1 N–H and O–H groups in total. The zero-order chi connectivity index (χ0) is 22.6. The van der Waals surface area contributed by atoms with Gasteiger partial charge in [0.15, 0.2) is 4.34 Å². The lowest BCUT2D eigenvalue weighted by Gasteiger charge is -2.31. The van der Waals surface area contributed by atoms with Crippen LogP contribution in [-0.4, -0.2) is 74.5 Å². The van der Waals surface area contributed by atoms with Gasteiger partial charge in [-0.15, -0.1) is 10.2 Å². The van der Waals surface area contributed by atoms with Crippen LogP contribution in [0.25, 0.3) is 0 Å². The molecule has 1 aromatic heterocycles. The number of hydrogen-bond donors (Lipinski definition) is 1. The lowest BCUT2D eigenvalue weighted by atomic mass is 10.1. The second-order valence-electron chi connectivity index (χ2n) is 7.12. The minimum absolute atomic E-state index is 0.0105. The van der Waals surface area contributed by atoms with Crippen LogP contribution in [0.4, 0.5) is 29.7 Å². The van der Waals surface area contributed by atoms with E-state index >= 15 is 0 Å². The molecule has 0 radical (unpaired) electrons. The molecule has 1 amide bonds. The van der Waals surface area contributed by atoms with E-state index in [9.17, 15) is 18.0 Å². The van der Waals surface area contributed by atoms with Crippen LogP contribution in [-0.2, 0) is 20.4 Å². The normalized spacial score (nSPS) is 17.5. The number of morpholine rings is 2. The molecule has 3 heterocycles. The maximum absolute atomic E-state index is 13.2. The molecule has 2 fully saturated rings. The van der Waals surface area contributed by atoms with Crippen molar-refractivity contribution in [2.45, 2.75) is 10.5 Å². The molecule has 2 aliphatic heterocycles. The Kier molecular flexibility index (Phi) is 7.38. The molecule has 0 saturated carbocycles. The van der Waals surface area contributed by atoms with E-state index in [1.165, 1.54) is 29.2 Å². The number of aromatic nitrogens is 2. The molecule has 2 saturated heterocycles. The molecule has 2 aliphatic rings. The summed E-state index contributed by atoms with van der Waals surface area (Å²) in [4.78, 5) is 16.5. The zero-order valence-electron chi connectivity index (χ0n) is 17.1. The van der Waals surface area contributed by atoms with Gasteiger partial charge in [-0.3, -0.25) is 4.79 Å². The summed E-state index contributed by atoms with van der Waals surface area (Å²) in [6, 6.07) is 3.41. The first-order valence-electron chi connectivity index (χ1n) is 10.0. The van der Waals surface area contributed by atoms with Crippen molar-refractivity contribution in [3.63, 3.8) is 0 Å². The van der Waals surface area contributed by atoms with Crippen LogP contribution in [0.1, 0.15) is 5.56 Å². The van der Waals surface area contributed by atoms with Crippen molar-refractivity contribution < 1.29 is 27.4 Å². The van der Waals surface area contributed by atoms with E-state index in [2.05, 4.69) is 20.4 Å². The fourth-order valence-corrected chi connectivity index (χ4v) is 5.04. The number of nitrogens with zero attached hydrogens (tertiary/aromatic N) is 4. The highest BCUT2D eigenvalue weighted by molar-refractivity contribution is 8.01. The van der Waals surface area contributed by atoms with E-state index < -0.39 is 17.6 Å². The van der Waals surface area contributed by atoms with Gasteiger partial charge in [0.25, 0.3) is 0 Å². The van der Waals surface area contributed by atoms with Crippen molar-refractivity contribution in [2.75, 3.05) is 73.5 Å². The number of thioether (sulfide) groups is 1. The predicted octanol–water partition coefficient (Wildman–Crippen LogP) is 2.96. The van der Waals surface area contributed by atoms with Gasteiger partial charge in [0.2, 0.25) is 11.0 Å². The number of benzene rings is 1. The molecule has 0 unspecified atom stereocenters. The van der Waals surface area contributed by atoms with Crippen LogP contribution < -0.4 is 15.1 Å². The predicted molar refractivity (Wildman–Crippen MR) is 117 cm³/mol. The third-order valence-corrected chi connectivity index (χ3v) is 7.07. The molecule has 0 bridgehead atoms. The highest BCUT2D eigenvalue weighted by atomic mass is 32.2. The van der Waals surface area contributed by atoms with Gasteiger partial charge in [-0.2, -0.15) is 13.2 Å². The molecule has 0 aliphatic carbocycles. The Balaban J connectivity index is 1.42. The highest BCUT2D eigenvalue weighted by Gasteiger charge is 2.32. The summed E-state index contributed by atoms with van der Waals surface area (Å²) in [5, 5.41) is 11.7. The van der Waals surface area contributed by atoms with Gasteiger partial charge in [0.1, 0.15) is 0 Å². The van der Waals surface area contributed by atoms with E-state index in [1.54, 1.807) is 0 Å². The summed E-state index contributed by atoms with van der Waals surface area (Å²) < 4.78 is 51.0. The number of nitrogens with one attached hydrogen (secondary N) is 1. The molecular weight excluding hydrogens is 467 g/mol. The van der Waals surface area contributed by atoms with E-state index in [4.69, 9.17) is 9.47 Å². The molecule has 32 heavy (non-hydrogen) atoms. The number of amides is 1. The second kappa shape index (κ2) is 10.2. The first-order valence-corrected chi connectivity index (χ1v) is 11.8. The fraction of sp³-hybridized carbons (Fsp3) is 0.526. The quantitative estimate of drug-likeness (QED) is 0.621. The van der Waals surface area contributed by atoms with Crippen LogP contribution in [0.2, 0.25) is 0 Å². The van der Waals surface area contributed by atoms with Gasteiger partial charge in [-0.25, -0.2) is 0 Å². The summed E-state index contributed by atoms with van der Waals surface area (Å²) in [6.07, 6.45) is -4.50. The van der Waals surface area contributed by atoms with E-state index in [0.717, 1.165) is 30.4 Å². The Morgan fingerprint density at radius 3 is 2.38 bits per heavy atom. The lowest BCUT2D eigenvalue weighted by molar-refractivity contribution is -0.137. The summed E-state index contributed by atoms with van der Waals surface area (Å²) in [6.45, 7) is 4.77.